The van der Waals surface area contributed by atoms with Gasteiger partial charge in [-0.1, -0.05) is 6.07 Å². The van der Waals surface area contributed by atoms with Gasteiger partial charge in [0.05, 0.1) is 5.69 Å². The number of hydrogen-bond acceptors (Lipinski definition) is 2. The van der Waals surface area contributed by atoms with Crippen molar-refractivity contribution in [1.29, 1.82) is 0 Å². The molecule has 0 saturated carbocycles. The summed E-state index contributed by atoms with van der Waals surface area (Å²) in [5, 5.41) is 0. The van der Waals surface area contributed by atoms with Crippen molar-refractivity contribution in [2.24, 2.45) is 0 Å². The molecule has 1 aliphatic heterocycles. The van der Waals surface area contributed by atoms with Crippen molar-refractivity contribution in [3.63, 3.8) is 0 Å². The molecule has 0 unspecified atom stereocenters. The third-order valence-electron chi connectivity index (χ3n) is 2.59. The van der Waals surface area contributed by atoms with Gasteiger partial charge < -0.3 is 4.90 Å². The van der Waals surface area contributed by atoms with Gasteiger partial charge in [0.1, 0.15) is 5.78 Å². The molecule has 0 spiro atoms. The highest BCUT2D eigenvalue weighted by Crippen LogP contribution is 2.23. The highest BCUT2D eigenvalue weighted by Gasteiger charge is 2.20. The number of carbonyl (C=O) groups excluding carboxylic acids is 1. The second-order valence-electron chi connectivity index (χ2n) is 3.60. The zero-order chi connectivity index (χ0) is 10.8. The van der Waals surface area contributed by atoms with E-state index in [0.717, 1.165) is 6.07 Å². The molecule has 0 amide bonds. The summed E-state index contributed by atoms with van der Waals surface area (Å²) < 4.78 is 26.3. The molecule has 2 rings (SSSR count). The molecule has 1 saturated heterocycles. The molecule has 1 aliphatic rings. The first-order valence-corrected chi connectivity index (χ1v) is 4.89. The van der Waals surface area contributed by atoms with Crippen molar-refractivity contribution in [2.75, 3.05) is 18.0 Å². The van der Waals surface area contributed by atoms with E-state index < -0.39 is 11.6 Å². The van der Waals surface area contributed by atoms with Crippen molar-refractivity contribution in [1.82, 2.24) is 0 Å². The molecule has 80 valence electrons. The molecule has 2 nitrogen and oxygen atoms in total. The van der Waals surface area contributed by atoms with E-state index in [1.807, 2.05) is 0 Å². The third kappa shape index (κ3) is 1.98. The van der Waals surface area contributed by atoms with Crippen LogP contribution in [0.3, 0.4) is 0 Å². The van der Waals surface area contributed by atoms with Gasteiger partial charge in [-0.3, -0.25) is 4.79 Å². The quantitative estimate of drug-likeness (QED) is 0.709. The smallest absolute Gasteiger partial charge is 0.182 e. The zero-order valence-electron chi connectivity index (χ0n) is 8.17. The molecular weight excluding hydrogens is 200 g/mol. The lowest BCUT2D eigenvalue weighted by Crippen LogP contribution is -2.34. The number of piperidine rings is 1. The zero-order valence-corrected chi connectivity index (χ0v) is 8.17. The van der Waals surface area contributed by atoms with E-state index >= 15 is 0 Å². The Morgan fingerprint density at radius 2 is 1.80 bits per heavy atom. The number of anilines is 1. The molecule has 0 radical (unpaired) electrons. The van der Waals surface area contributed by atoms with Crippen LogP contribution in [0.5, 0.6) is 0 Å². The first-order valence-electron chi connectivity index (χ1n) is 4.89. The average Bonchev–Trinajstić information content (AvgIpc) is 2.24. The Morgan fingerprint density at radius 3 is 2.47 bits per heavy atom. The molecule has 1 heterocycles. The Balaban J connectivity index is 2.22. The van der Waals surface area contributed by atoms with Crippen LogP contribution < -0.4 is 4.90 Å². The van der Waals surface area contributed by atoms with E-state index in [4.69, 9.17) is 0 Å². The summed E-state index contributed by atoms with van der Waals surface area (Å²) in [6.07, 6.45) is 0.825. The van der Waals surface area contributed by atoms with Crippen LogP contribution in [0.1, 0.15) is 12.8 Å². The van der Waals surface area contributed by atoms with Gasteiger partial charge in [0.15, 0.2) is 11.6 Å². The second-order valence-corrected chi connectivity index (χ2v) is 3.60. The van der Waals surface area contributed by atoms with Crippen molar-refractivity contribution in [3.8, 4) is 0 Å². The summed E-state index contributed by atoms with van der Waals surface area (Å²) in [5.74, 6) is -1.49. The maximum atomic E-state index is 13.4. The molecule has 1 fully saturated rings. The highest BCUT2D eigenvalue weighted by atomic mass is 19.2. The van der Waals surface area contributed by atoms with Gasteiger partial charge in [0.25, 0.3) is 0 Å². The van der Waals surface area contributed by atoms with Crippen LogP contribution in [0.25, 0.3) is 0 Å². The second kappa shape index (κ2) is 3.96. The predicted molar refractivity (Wildman–Crippen MR) is 52.8 cm³/mol. The number of halogens is 2. The number of nitrogens with zero attached hydrogens (tertiary/aromatic N) is 1. The van der Waals surface area contributed by atoms with E-state index in [9.17, 15) is 13.6 Å². The maximum absolute atomic E-state index is 13.4. The summed E-state index contributed by atoms with van der Waals surface area (Å²) in [6, 6.07) is 4.10. The Kier molecular flexibility index (Phi) is 2.66. The van der Waals surface area contributed by atoms with Crippen molar-refractivity contribution in [2.45, 2.75) is 12.8 Å². The maximum Gasteiger partial charge on any atom is 0.182 e. The minimum atomic E-state index is -0.843. The lowest BCUT2D eigenvalue weighted by atomic mass is 10.1. The lowest BCUT2D eigenvalue weighted by Gasteiger charge is -2.28. The predicted octanol–water partition coefficient (Wildman–Crippen LogP) is 2.13. The normalized spacial score (nSPS) is 16.9. The summed E-state index contributed by atoms with van der Waals surface area (Å²) in [7, 11) is 0. The number of benzene rings is 1. The Bertz CT molecular complexity index is 382. The van der Waals surface area contributed by atoms with E-state index in [1.165, 1.54) is 12.1 Å². The number of carbonyl (C=O) groups is 1. The van der Waals surface area contributed by atoms with Crippen LogP contribution in [0.2, 0.25) is 0 Å². The van der Waals surface area contributed by atoms with Crippen molar-refractivity contribution < 1.29 is 13.6 Å². The topological polar surface area (TPSA) is 20.3 Å². The minimum absolute atomic E-state index is 0.183. The van der Waals surface area contributed by atoms with Crippen molar-refractivity contribution in [3.05, 3.63) is 29.8 Å². The van der Waals surface area contributed by atoms with Gasteiger partial charge in [-0.15, -0.1) is 0 Å². The molecule has 0 N–H and O–H groups in total. The largest absolute Gasteiger partial charge is 0.368 e. The van der Waals surface area contributed by atoms with E-state index in [0.29, 0.717) is 25.9 Å². The number of Topliss-reactive ketones (excluding diaryl/α,β-unsaturated/α-hetero) is 1. The molecule has 0 bridgehead atoms. The van der Waals surface area contributed by atoms with Crippen LogP contribution in [0, 0.1) is 11.6 Å². The third-order valence-corrected chi connectivity index (χ3v) is 2.59. The summed E-state index contributed by atoms with van der Waals surface area (Å²) in [4.78, 5) is 12.7. The van der Waals surface area contributed by atoms with Gasteiger partial charge in [-0.2, -0.15) is 0 Å². The standard InChI is InChI=1S/C11H11F2NO/c12-9-2-1-3-10(11(9)13)14-6-4-8(15)5-7-14/h1-3H,4-7H2. The van der Waals surface area contributed by atoms with Crippen LogP contribution in [-0.2, 0) is 4.79 Å². The summed E-state index contributed by atoms with van der Waals surface area (Å²) in [6.45, 7) is 0.943. The number of rotatable bonds is 1. The van der Waals surface area contributed by atoms with Crippen LogP contribution in [-0.4, -0.2) is 18.9 Å². The van der Waals surface area contributed by atoms with Crippen LogP contribution in [0.4, 0.5) is 14.5 Å². The fourth-order valence-corrected chi connectivity index (χ4v) is 1.73. The Hall–Kier alpha value is -1.45. The fourth-order valence-electron chi connectivity index (χ4n) is 1.73. The van der Waals surface area contributed by atoms with Gasteiger partial charge in [-0.25, -0.2) is 8.78 Å². The number of ketones is 1. The Labute approximate surface area is 86.5 Å². The molecular formula is C11H11F2NO. The van der Waals surface area contributed by atoms with Gasteiger partial charge in [0, 0.05) is 25.9 Å². The van der Waals surface area contributed by atoms with E-state index in [2.05, 4.69) is 0 Å². The van der Waals surface area contributed by atoms with Crippen LogP contribution >= 0.6 is 0 Å². The molecule has 0 atom stereocenters. The monoisotopic (exact) mass is 211 g/mol. The first kappa shape index (κ1) is 10.1. The average molecular weight is 211 g/mol. The van der Waals surface area contributed by atoms with Crippen molar-refractivity contribution >= 4 is 11.5 Å². The summed E-state index contributed by atoms with van der Waals surface area (Å²) >= 11 is 0. The number of hydrogen-bond donors (Lipinski definition) is 0. The lowest BCUT2D eigenvalue weighted by molar-refractivity contribution is -0.119. The molecule has 15 heavy (non-hydrogen) atoms. The molecule has 1 aromatic carbocycles. The van der Waals surface area contributed by atoms with E-state index in [-0.39, 0.29) is 11.5 Å². The fraction of sp³-hybridized carbons (Fsp3) is 0.364. The van der Waals surface area contributed by atoms with Gasteiger partial charge >= 0.3 is 0 Å². The first-order chi connectivity index (χ1) is 7.18. The summed E-state index contributed by atoms with van der Waals surface area (Å²) in [5.41, 5.74) is 0.252. The Morgan fingerprint density at radius 1 is 1.13 bits per heavy atom. The molecule has 4 heteroatoms. The SMILES string of the molecule is O=C1CCN(c2cccc(F)c2F)CC1. The van der Waals surface area contributed by atoms with E-state index in [1.54, 1.807) is 4.90 Å². The molecule has 1 aromatic rings. The van der Waals surface area contributed by atoms with Crippen LogP contribution in [0.15, 0.2) is 18.2 Å². The molecule has 0 aliphatic carbocycles. The highest BCUT2D eigenvalue weighted by molar-refractivity contribution is 5.81. The van der Waals surface area contributed by atoms with Gasteiger partial charge in [0.2, 0.25) is 0 Å². The van der Waals surface area contributed by atoms with Gasteiger partial charge in [-0.05, 0) is 12.1 Å². The molecule has 0 aromatic heterocycles. The minimum Gasteiger partial charge on any atom is -0.368 e.